The first-order chi connectivity index (χ1) is 2.56. The fourth-order valence-electron chi connectivity index (χ4n) is 0. The lowest BCUT2D eigenvalue weighted by atomic mass is 10.6. The minimum absolute atomic E-state index is 0. The summed E-state index contributed by atoms with van der Waals surface area (Å²) in [6.45, 7) is -0.562. The molecular weight excluding hydrogens is 166 g/mol. The second-order valence-electron chi connectivity index (χ2n) is 0.978. The maximum Gasteiger partial charge on any atom is 0.288 e. The standard InChI is InChI=1S/C2H7NO3.BrH/c3-1-2(4,5)6;/h4-6H,1,3H2;1H. The maximum absolute atomic E-state index is 7.81. The summed E-state index contributed by atoms with van der Waals surface area (Å²) in [5.41, 5.74) is 4.56. The molecule has 0 bridgehead atoms. The molecule has 0 aliphatic carbocycles. The van der Waals surface area contributed by atoms with Crippen LogP contribution in [0.4, 0.5) is 0 Å². The number of aliphatic hydroxyl groups is 3. The van der Waals surface area contributed by atoms with Crippen LogP contribution in [-0.2, 0) is 0 Å². The summed E-state index contributed by atoms with van der Waals surface area (Å²) in [6.07, 6.45) is 0. The smallest absolute Gasteiger partial charge is 0.288 e. The van der Waals surface area contributed by atoms with Gasteiger partial charge < -0.3 is 21.1 Å². The van der Waals surface area contributed by atoms with Crippen molar-refractivity contribution in [3.05, 3.63) is 0 Å². The molecule has 5 heteroatoms. The highest BCUT2D eigenvalue weighted by Crippen LogP contribution is 1.82. The number of nitrogens with two attached hydrogens (primary N) is 1. The molecule has 0 saturated carbocycles. The van der Waals surface area contributed by atoms with Crippen LogP contribution in [0.2, 0.25) is 0 Å². The molecule has 7 heavy (non-hydrogen) atoms. The van der Waals surface area contributed by atoms with E-state index in [9.17, 15) is 0 Å². The molecule has 46 valence electrons. The van der Waals surface area contributed by atoms with Gasteiger partial charge in [-0.25, -0.2) is 0 Å². The molecule has 0 aliphatic heterocycles. The van der Waals surface area contributed by atoms with Crippen LogP contribution in [0.15, 0.2) is 0 Å². The van der Waals surface area contributed by atoms with E-state index in [1.54, 1.807) is 0 Å². The lowest BCUT2D eigenvalue weighted by Gasteiger charge is -2.07. The van der Waals surface area contributed by atoms with E-state index >= 15 is 0 Å². The highest BCUT2D eigenvalue weighted by atomic mass is 79.9. The number of hydrogen-bond acceptors (Lipinski definition) is 4. The fourth-order valence-corrected chi connectivity index (χ4v) is 0. The molecule has 0 heterocycles. The minimum atomic E-state index is -2.68. The molecule has 5 N–H and O–H groups in total. The first-order valence-corrected chi connectivity index (χ1v) is 1.43. The van der Waals surface area contributed by atoms with Crippen molar-refractivity contribution in [3.63, 3.8) is 0 Å². The van der Waals surface area contributed by atoms with Crippen molar-refractivity contribution in [1.82, 2.24) is 0 Å². The third kappa shape index (κ3) is 10.7. The molecular formula is C2H8BrNO3. The normalized spacial score (nSPS) is 10.3. The molecule has 0 spiro atoms. The zero-order valence-corrected chi connectivity index (χ0v) is 5.25. The molecule has 0 saturated heterocycles. The van der Waals surface area contributed by atoms with Gasteiger partial charge in [0.15, 0.2) is 0 Å². The molecule has 0 radical (unpaired) electrons. The average molecular weight is 174 g/mol. The van der Waals surface area contributed by atoms with Gasteiger partial charge in [0.1, 0.15) is 0 Å². The summed E-state index contributed by atoms with van der Waals surface area (Å²) in [5.74, 6) is -2.68. The van der Waals surface area contributed by atoms with E-state index in [1.165, 1.54) is 0 Å². The molecule has 0 aromatic heterocycles. The number of halogens is 1. The van der Waals surface area contributed by atoms with Gasteiger partial charge in [0.2, 0.25) is 0 Å². The molecule has 4 nitrogen and oxygen atoms in total. The van der Waals surface area contributed by atoms with Crippen LogP contribution in [0, 0.1) is 0 Å². The van der Waals surface area contributed by atoms with E-state index in [1.807, 2.05) is 0 Å². The van der Waals surface area contributed by atoms with Gasteiger partial charge in [-0.3, -0.25) is 0 Å². The van der Waals surface area contributed by atoms with Crippen molar-refractivity contribution in [1.29, 1.82) is 0 Å². The van der Waals surface area contributed by atoms with Crippen molar-refractivity contribution in [2.45, 2.75) is 5.97 Å². The van der Waals surface area contributed by atoms with E-state index in [-0.39, 0.29) is 17.0 Å². The first kappa shape index (κ1) is 10.3. The lowest BCUT2D eigenvalue weighted by Crippen LogP contribution is -2.36. The Hall–Kier alpha value is 0.320. The van der Waals surface area contributed by atoms with E-state index in [4.69, 9.17) is 15.3 Å². The topological polar surface area (TPSA) is 86.7 Å². The molecule has 0 aromatic rings. The Labute approximate surface area is 51.3 Å². The summed E-state index contributed by atoms with van der Waals surface area (Å²) in [7, 11) is 0. The van der Waals surface area contributed by atoms with Crippen LogP contribution in [0.3, 0.4) is 0 Å². The Morgan fingerprint density at radius 1 is 1.29 bits per heavy atom. The summed E-state index contributed by atoms with van der Waals surface area (Å²) < 4.78 is 0. The monoisotopic (exact) mass is 173 g/mol. The van der Waals surface area contributed by atoms with Crippen LogP contribution in [0.1, 0.15) is 0 Å². The highest BCUT2D eigenvalue weighted by Gasteiger charge is 2.12. The van der Waals surface area contributed by atoms with Crippen LogP contribution in [-0.4, -0.2) is 27.8 Å². The molecule has 0 aliphatic rings. The van der Waals surface area contributed by atoms with Crippen LogP contribution < -0.4 is 5.73 Å². The minimum Gasteiger partial charge on any atom is -0.343 e. The Morgan fingerprint density at radius 3 is 1.43 bits per heavy atom. The SMILES string of the molecule is Br.NCC(O)(O)O. The van der Waals surface area contributed by atoms with Crippen LogP contribution in [0.5, 0.6) is 0 Å². The third-order valence-corrected chi connectivity index (χ3v) is 0.274. The quantitative estimate of drug-likeness (QED) is 0.351. The Morgan fingerprint density at radius 2 is 1.43 bits per heavy atom. The van der Waals surface area contributed by atoms with E-state index in [2.05, 4.69) is 5.73 Å². The van der Waals surface area contributed by atoms with Crippen molar-refractivity contribution in [2.24, 2.45) is 5.73 Å². The average Bonchev–Trinajstić information content (AvgIpc) is 1.35. The Bertz CT molecular complexity index is 42.7. The van der Waals surface area contributed by atoms with Gasteiger partial charge in [-0.05, 0) is 0 Å². The molecule has 0 aromatic carbocycles. The lowest BCUT2D eigenvalue weighted by molar-refractivity contribution is -0.302. The summed E-state index contributed by atoms with van der Waals surface area (Å²) in [6, 6.07) is 0. The largest absolute Gasteiger partial charge is 0.343 e. The molecule has 0 unspecified atom stereocenters. The van der Waals surface area contributed by atoms with Crippen molar-refractivity contribution >= 4 is 17.0 Å². The van der Waals surface area contributed by atoms with Gasteiger partial charge in [0.05, 0.1) is 6.54 Å². The Balaban J connectivity index is 0. The van der Waals surface area contributed by atoms with Gasteiger partial charge in [0.25, 0.3) is 5.97 Å². The summed E-state index contributed by atoms with van der Waals surface area (Å²) in [4.78, 5) is 0. The highest BCUT2D eigenvalue weighted by molar-refractivity contribution is 8.93. The van der Waals surface area contributed by atoms with Gasteiger partial charge in [-0.15, -0.1) is 17.0 Å². The predicted molar refractivity (Wildman–Crippen MR) is 28.8 cm³/mol. The second kappa shape index (κ2) is 3.34. The fraction of sp³-hybridized carbons (Fsp3) is 1.00. The summed E-state index contributed by atoms with van der Waals surface area (Å²) >= 11 is 0. The molecule has 0 amide bonds. The van der Waals surface area contributed by atoms with E-state index < -0.39 is 12.5 Å². The Kier molecular flexibility index (Phi) is 4.93. The predicted octanol–water partition coefficient (Wildman–Crippen LogP) is -1.85. The van der Waals surface area contributed by atoms with E-state index in [0.717, 1.165) is 0 Å². The van der Waals surface area contributed by atoms with Crippen LogP contribution >= 0.6 is 17.0 Å². The van der Waals surface area contributed by atoms with Gasteiger partial charge in [-0.2, -0.15) is 0 Å². The first-order valence-electron chi connectivity index (χ1n) is 1.43. The molecule has 0 atom stereocenters. The molecule has 0 fully saturated rings. The van der Waals surface area contributed by atoms with Crippen molar-refractivity contribution < 1.29 is 15.3 Å². The van der Waals surface area contributed by atoms with Crippen molar-refractivity contribution in [2.75, 3.05) is 6.54 Å². The van der Waals surface area contributed by atoms with Gasteiger partial charge in [-0.1, -0.05) is 0 Å². The zero-order chi connectivity index (χ0) is 5.21. The second-order valence-corrected chi connectivity index (χ2v) is 0.978. The zero-order valence-electron chi connectivity index (χ0n) is 3.53. The van der Waals surface area contributed by atoms with Gasteiger partial charge >= 0.3 is 0 Å². The number of hydrogen-bond donors (Lipinski definition) is 4. The van der Waals surface area contributed by atoms with E-state index in [0.29, 0.717) is 0 Å². The third-order valence-electron chi connectivity index (χ3n) is 0.274. The van der Waals surface area contributed by atoms with Crippen molar-refractivity contribution in [3.8, 4) is 0 Å². The maximum atomic E-state index is 7.81. The summed E-state index contributed by atoms with van der Waals surface area (Å²) in [5, 5.41) is 23.4. The molecule has 0 rings (SSSR count). The number of rotatable bonds is 1. The van der Waals surface area contributed by atoms with Gasteiger partial charge in [0, 0.05) is 0 Å². The van der Waals surface area contributed by atoms with Crippen LogP contribution in [0.25, 0.3) is 0 Å².